The molecule has 0 fully saturated rings. The zero-order chi connectivity index (χ0) is 20.0. The van der Waals surface area contributed by atoms with Gasteiger partial charge in [-0.05, 0) is 19.9 Å². The number of imidazole rings is 2. The Morgan fingerprint density at radius 3 is 2.83 bits per heavy atom. The van der Waals surface area contributed by atoms with E-state index in [1.807, 2.05) is 31.8 Å². The van der Waals surface area contributed by atoms with Gasteiger partial charge in [0.2, 0.25) is 5.95 Å². The average molecular weight is 389 g/mol. The Hall–Kier alpha value is -3.49. The summed E-state index contributed by atoms with van der Waals surface area (Å²) in [4.78, 5) is 24.7. The summed E-state index contributed by atoms with van der Waals surface area (Å²) in [6, 6.07) is 4.19. The third-order valence-corrected chi connectivity index (χ3v) is 5.30. The molecular formula is C20H23N9. The first-order chi connectivity index (χ1) is 14.1. The van der Waals surface area contributed by atoms with Crippen LogP contribution in [0.15, 0.2) is 37.2 Å². The van der Waals surface area contributed by atoms with Crippen molar-refractivity contribution < 1.29 is 0 Å². The van der Waals surface area contributed by atoms with Gasteiger partial charge >= 0.3 is 0 Å². The van der Waals surface area contributed by atoms with E-state index in [1.165, 1.54) is 5.69 Å². The van der Waals surface area contributed by atoms with E-state index in [9.17, 15) is 0 Å². The number of fused-ring (bicyclic) bond motifs is 2. The van der Waals surface area contributed by atoms with Gasteiger partial charge in [0.25, 0.3) is 0 Å². The molecule has 148 valence electrons. The zero-order valence-electron chi connectivity index (χ0n) is 16.7. The van der Waals surface area contributed by atoms with Crippen molar-refractivity contribution in [3.05, 3.63) is 48.6 Å². The van der Waals surface area contributed by atoms with Gasteiger partial charge in [0.1, 0.15) is 17.2 Å². The molecule has 5 heterocycles. The lowest BCUT2D eigenvalue weighted by molar-refractivity contribution is 0.617. The molecule has 4 aromatic heterocycles. The van der Waals surface area contributed by atoms with Crippen molar-refractivity contribution in [1.82, 2.24) is 34.1 Å². The lowest BCUT2D eigenvalue weighted by atomic mass is 10.1. The van der Waals surface area contributed by atoms with Crippen LogP contribution in [-0.4, -0.2) is 40.6 Å². The molecule has 0 bridgehead atoms. The normalized spacial score (nSPS) is 13.9. The second-order valence-electron chi connectivity index (χ2n) is 7.59. The van der Waals surface area contributed by atoms with Crippen molar-refractivity contribution in [3.8, 4) is 0 Å². The highest BCUT2D eigenvalue weighted by Crippen LogP contribution is 2.24. The van der Waals surface area contributed by atoms with Gasteiger partial charge in [0.15, 0.2) is 0 Å². The van der Waals surface area contributed by atoms with E-state index in [0.29, 0.717) is 17.8 Å². The molecule has 1 aliphatic rings. The molecule has 9 heteroatoms. The minimum Gasteiger partial charge on any atom is -0.336 e. The summed E-state index contributed by atoms with van der Waals surface area (Å²) < 4.78 is 4.20. The van der Waals surface area contributed by atoms with Crippen LogP contribution in [0.5, 0.6) is 0 Å². The Kier molecular flexibility index (Phi) is 4.15. The number of pyridine rings is 1. The molecule has 1 N–H and O–H groups in total. The van der Waals surface area contributed by atoms with Gasteiger partial charge in [-0.2, -0.15) is 4.98 Å². The number of rotatable bonds is 4. The second kappa shape index (κ2) is 6.84. The first kappa shape index (κ1) is 17.6. The number of hydrogen-bond donors (Lipinski definition) is 1. The standard InChI is InChI=1S/C20H23N9/c1-13(2)29-12-24-15-9-22-19(8-16(15)29)25-18-4-6-21-20(26-18)28-7-5-14-17(10-28)27(3)11-23-14/h4,6,8-9,11-13H,5,7,10H2,1-3H3,(H,21,22,25,26). The molecule has 0 saturated carbocycles. The van der Waals surface area contributed by atoms with Gasteiger partial charge in [-0.25, -0.2) is 19.9 Å². The third kappa shape index (κ3) is 3.18. The lowest BCUT2D eigenvalue weighted by Crippen LogP contribution is -2.32. The highest BCUT2D eigenvalue weighted by atomic mass is 15.3. The Labute approximate surface area is 168 Å². The van der Waals surface area contributed by atoms with Crippen LogP contribution in [0.1, 0.15) is 31.3 Å². The zero-order valence-corrected chi connectivity index (χ0v) is 16.7. The molecule has 9 nitrogen and oxygen atoms in total. The van der Waals surface area contributed by atoms with Gasteiger partial charge in [-0.15, -0.1) is 0 Å². The van der Waals surface area contributed by atoms with E-state index in [0.717, 1.165) is 42.1 Å². The highest BCUT2D eigenvalue weighted by Gasteiger charge is 2.22. The van der Waals surface area contributed by atoms with Crippen LogP contribution in [0, 0.1) is 0 Å². The van der Waals surface area contributed by atoms with Crippen LogP contribution in [0.2, 0.25) is 0 Å². The molecule has 0 spiro atoms. The Morgan fingerprint density at radius 2 is 1.97 bits per heavy atom. The topological polar surface area (TPSA) is 89.6 Å². The number of nitrogens with one attached hydrogen (secondary N) is 1. The second-order valence-corrected chi connectivity index (χ2v) is 7.59. The first-order valence-corrected chi connectivity index (χ1v) is 9.75. The number of aromatic nitrogens is 7. The molecule has 1 aliphatic heterocycles. The van der Waals surface area contributed by atoms with Gasteiger partial charge in [0, 0.05) is 38.3 Å². The quantitative estimate of drug-likeness (QED) is 0.574. The summed E-state index contributed by atoms with van der Waals surface area (Å²) in [6.45, 7) is 5.88. The summed E-state index contributed by atoms with van der Waals surface area (Å²) in [6.07, 6.45) is 8.19. The van der Waals surface area contributed by atoms with Crippen LogP contribution in [0.25, 0.3) is 11.0 Å². The fourth-order valence-corrected chi connectivity index (χ4v) is 3.70. The summed E-state index contributed by atoms with van der Waals surface area (Å²) in [5.41, 5.74) is 4.31. The van der Waals surface area contributed by atoms with E-state index < -0.39 is 0 Å². The summed E-state index contributed by atoms with van der Waals surface area (Å²) >= 11 is 0. The average Bonchev–Trinajstić information content (AvgIpc) is 3.31. The predicted octanol–water partition coefficient (Wildman–Crippen LogP) is 2.84. The number of nitrogens with zero attached hydrogens (tertiary/aromatic N) is 8. The van der Waals surface area contributed by atoms with Crippen molar-refractivity contribution >= 4 is 28.6 Å². The van der Waals surface area contributed by atoms with Gasteiger partial charge in [-0.1, -0.05) is 0 Å². The first-order valence-electron chi connectivity index (χ1n) is 9.75. The maximum absolute atomic E-state index is 4.72. The summed E-state index contributed by atoms with van der Waals surface area (Å²) in [5.74, 6) is 2.15. The number of aryl methyl sites for hydroxylation is 1. The molecule has 0 saturated heterocycles. The maximum atomic E-state index is 4.72. The van der Waals surface area contributed by atoms with Crippen molar-refractivity contribution in [2.45, 2.75) is 32.9 Å². The van der Waals surface area contributed by atoms with Crippen LogP contribution >= 0.6 is 0 Å². The minimum atomic E-state index is 0.330. The third-order valence-electron chi connectivity index (χ3n) is 5.30. The summed E-state index contributed by atoms with van der Waals surface area (Å²) in [5, 5.41) is 3.31. The van der Waals surface area contributed by atoms with E-state index in [1.54, 1.807) is 12.4 Å². The summed E-state index contributed by atoms with van der Waals surface area (Å²) in [7, 11) is 2.03. The molecule has 0 unspecified atom stereocenters. The van der Waals surface area contributed by atoms with E-state index in [2.05, 4.69) is 53.1 Å². The van der Waals surface area contributed by atoms with Crippen LogP contribution in [-0.2, 0) is 20.0 Å². The molecule has 0 amide bonds. The monoisotopic (exact) mass is 389 g/mol. The van der Waals surface area contributed by atoms with Crippen LogP contribution < -0.4 is 10.2 Å². The molecule has 0 radical (unpaired) electrons. The van der Waals surface area contributed by atoms with E-state index in [4.69, 9.17) is 4.98 Å². The fraction of sp³-hybridized carbons (Fsp3) is 0.350. The van der Waals surface area contributed by atoms with E-state index in [-0.39, 0.29) is 0 Å². The highest BCUT2D eigenvalue weighted by molar-refractivity contribution is 5.78. The van der Waals surface area contributed by atoms with Gasteiger partial charge in [0.05, 0.1) is 42.3 Å². The SMILES string of the molecule is CC(C)n1cnc2cnc(Nc3ccnc(N4CCc5ncn(C)c5C4)n3)cc21. The van der Waals surface area contributed by atoms with Crippen LogP contribution in [0.4, 0.5) is 17.6 Å². The Bertz CT molecular complexity index is 1170. The molecule has 0 aromatic carbocycles. The molecule has 4 aromatic rings. The minimum absolute atomic E-state index is 0.330. The molecule has 29 heavy (non-hydrogen) atoms. The van der Waals surface area contributed by atoms with Crippen LogP contribution in [0.3, 0.4) is 0 Å². The van der Waals surface area contributed by atoms with Crippen molar-refractivity contribution in [2.75, 3.05) is 16.8 Å². The smallest absolute Gasteiger partial charge is 0.227 e. The number of anilines is 3. The van der Waals surface area contributed by atoms with Gasteiger partial charge < -0.3 is 19.4 Å². The Morgan fingerprint density at radius 1 is 1.07 bits per heavy atom. The lowest BCUT2D eigenvalue weighted by Gasteiger charge is -2.27. The molecule has 5 rings (SSSR count). The van der Waals surface area contributed by atoms with Crippen molar-refractivity contribution in [3.63, 3.8) is 0 Å². The van der Waals surface area contributed by atoms with Crippen molar-refractivity contribution in [1.29, 1.82) is 0 Å². The molecular weight excluding hydrogens is 366 g/mol. The van der Waals surface area contributed by atoms with Crippen molar-refractivity contribution in [2.24, 2.45) is 7.05 Å². The molecule has 0 aliphatic carbocycles. The fourth-order valence-electron chi connectivity index (χ4n) is 3.70. The maximum Gasteiger partial charge on any atom is 0.227 e. The van der Waals surface area contributed by atoms with Gasteiger partial charge in [-0.3, -0.25) is 0 Å². The number of hydrogen-bond acceptors (Lipinski definition) is 7. The largest absolute Gasteiger partial charge is 0.336 e. The predicted molar refractivity (Wildman–Crippen MR) is 111 cm³/mol. The molecule has 0 atom stereocenters. The van der Waals surface area contributed by atoms with E-state index >= 15 is 0 Å². The Balaban J connectivity index is 1.40.